The van der Waals surface area contributed by atoms with Crippen molar-refractivity contribution >= 4 is 87.2 Å². The van der Waals surface area contributed by atoms with Crippen LogP contribution in [-0.4, -0.2) is 18.3 Å². The van der Waals surface area contributed by atoms with Gasteiger partial charge in [-0.1, -0.05) is 352 Å². The van der Waals surface area contributed by atoms with Gasteiger partial charge in [-0.15, -0.1) is 0 Å². The first-order valence-electron chi connectivity index (χ1n) is 40.6. The van der Waals surface area contributed by atoms with Crippen LogP contribution in [0.4, 0.5) is 0 Å². The minimum atomic E-state index is 1.14. The lowest BCUT2D eigenvalue weighted by Gasteiger charge is -2.12. The van der Waals surface area contributed by atoms with E-state index < -0.39 is 0 Å². The molecule has 0 radical (unpaired) electrons. The third kappa shape index (κ3) is 12.1. The van der Waals surface area contributed by atoms with Crippen molar-refractivity contribution in [3.63, 3.8) is 0 Å². The van der Waals surface area contributed by atoms with Crippen molar-refractivity contribution in [1.82, 2.24) is 18.3 Å². The molecule has 19 aromatic carbocycles. The van der Waals surface area contributed by atoms with E-state index >= 15 is 0 Å². The van der Waals surface area contributed by atoms with Crippen molar-refractivity contribution < 1.29 is 0 Å². The second-order valence-corrected chi connectivity index (χ2v) is 30.6. The summed E-state index contributed by atoms with van der Waals surface area (Å²) in [5, 5.41) is 9.97. The Morgan fingerprint density at radius 3 is 0.602 bits per heavy atom. The van der Waals surface area contributed by atoms with Crippen LogP contribution in [-0.2, 0) is 0 Å². The molecule has 4 nitrogen and oxygen atoms in total. The van der Waals surface area contributed by atoms with Crippen molar-refractivity contribution in [2.45, 2.75) is 0 Å². The molecule has 0 saturated heterocycles. The van der Waals surface area contributed by atoms with Gasteiger partial charge in [-0.25, -0.2) is 0 Å². The number of para-hydroxylation sites is 2. The van der Waals surface area contributed by atoms with Gasteiger partial charge < -0.3 is 18.3 Å². The maximum absolute atomic E-state index is 2.46. The van der Waals surface area contributed by atoms with Crippen molar-refractivity contribution in [3.05, 3.63) is 461 Å². The molecule has 4 heterocycles. The van der Waals surface area contributed by atoms with Crippen LogP contribution in [0.25, 0.3) is 210 Å². The minimum absolute atomic E-state index is 1.14. The molecule has 4 aromatic heterocycles. The van der Waals surface area contributed by atoms with Crippen LogP contribution in [0.5, 0.6) is 0 Å². The quantitative estimate of drug-likeness (QED) is 0.110. The van der Waals surface area contributed by atoms with Crippen LogP contribution in [0, 0.1) is 0 Å². The Bertz CT molecular complexity index is 7280. The monoisotopic (exact) mass is 1500 g/mol. The number of hydrogen-bond donors (Lipinski definition) is 0. The summed E-state index contributed by atoms with van der Waals surface area (Å²) in [5.41, 5.74) is 35.8. The van der Waals surface area contributed by atoms with Gasteiger partial charge in [0.1, 0.15) is 0 Å². The Morgan fingerprint density at radius 2 is 0.314 bits per heavy atom. The van der Waals surface area contributed by atoms with E-state index in [0.717, 1.165) is 22.7 Å². The minimum Gasteiger partial charge on any atom is -0.309 e. The summed E-state index contributed by atoms with van der Waals surface area (Å²) < 4.78 is 9.75. The Morgan fingerprint density at radius 1 is 0.110 bits per heavy atom. The van der Waals surface area contributed by atoms with E-state index in [4.69, 9.17) is 0 Å². The second kappa shape index (κ2) is 29.4. The van der Waals surface area contributed by atoms with Gasteiger partial charge in [0.15, 0.2) is 0 Å². The fourth-order valence-electron chi connectivity index (χ4n) is 18.5. The van der Waals surface area contributed by atoms with Crippen molar-refractivity contribution in [2.24, 2.45) is 0 Å². The van der Waals surface area contributed by atoms with Gasteiger partial charge >= 0.3 is 0 Å². The number of aromatic nitrogens is 4. The highest BCUT2D eigenvalue weighted by atomic mass is 15.0. The van der Waals surface area contributed by atoms with Crippen molar-refractivity contribution in [1.29, 1.82) is 0 Å². The molecular formula is C114H76N4. The molecule has 0 bridgehead atoms. The molecule has 0 fully saturated rings. The molecule has 118 heavy (non-hydrogen) atoms. The number of nitrogens with zero attached hydrogens (tertiary/aromatic N) is 4. The number of rotatable bonds is 13. The third-order valence-corrected chi connectivity index (χ3v) is 23.8. The van der Waals surface area contributed by atoms with Crippen LogP contribution >= 0.6 is 0 Å². The third-order valence-electron chi connectivity index (χ3n) is 23.8. The van der Waals surface area contributed by atoms with Gasteiger partial charge in [0.25, 0.3) is 0 Å². The van der Waals surface area contributed by atoms with Gasteiger partial charge in [-0.3, -0.25) is 0 Å². The molecule has 0 unspecified atom stereocenters. The highest BCUT2D eigenvalue weighted by molar-refractivity contribution is 6.24. The highest BCUT2D eigenvalue weighted by Gasteiger charge is 2.25. The van der Waals surface area contributed by atoms with Crippen LogP contribution in [0.3, 0.4) is 0 Å². The van der Waals surface area contributed by atoms with Crippen LogP contribution < -0.4 is 0 Å². The molecule has 4 heteroatoms. The van der Waals surface area contributed by atoms with Crippen LogP contribution in [0.2, 0.25) is 0 Å². The fraction of sp³-hybridized carbons (Fsp3) is 0. The van der Waals surface area contributed by atoms with E-state index in [1.165, 1.54) is 187 Å². The second-order valence-electron chi connectivity index (χ2n) is 30.6. The predicted molar refractivity (Wildman–Crippen MR) is 499 cm³/mol. The Balaban J connectivity index is 0.000000143. The van der Waals surface area contributed by atoms with Gasteiger partial charge in [0.2, 0.25) is 0 Å². The summed E-state index contributed by atoms with van der Waals surface area (Å²) in [6, 6.07) is 168. The van der Waals surface area contributed by atoms with Crippen LogP contribution in [0.15, 0.2) is 461 Å². The Hall–Kier alpha value is -15.6. The van der Waals surface area contributed by atoms with E-state index in [1.54, 1.807) is 0 Å². The summed E-state index contributed by atoms with van der Waals surface area (Å²) in [5.74, 6) is 0. The van der Waals surface area contributed by atoms with Crippen molar-refractivity contribution in [3.8, 4) is 123 Å². The summed E-state index contributed by atoms with van der Waals surface area (Å²) in [7, 11) is 0. The first-order valence-corrected chi connectivity index (χ1v) is 40.6. The maximum Gasteiger partial charge on any atom is 0.0547 e. The first-order chi connectivity index (χ1) is 58.6. The lowest BCUT2D eigenvalue weighted by atomic mass is 9.94. The van der Waals surface area contributed by atoms with Gasteiger partial charge in [-0.2, -0.15) is 0 Å². The predicted octanol–water partition coefficient (Wildman–Crippen LogP) is 30.8. The molecule has 0 aliphatic heterocycles. The lowest BCUT2D eigenvalue weighted by Crippen LogP contribution is -1.95. The normalized spacial score (nSPS) is 11.6. The summed E-state index contributed by atoms with van der Waals surface area (Å²) in [6.07, 6.45) is 0. The van der Waals surface area contributed by atoms with E-state index in [2.05, 4.69) is 479 Å². The molecule has 0 amide bonds. The van der Waals surface area contributed by atoms with Crippen LogP contribution in [0.1, 0.15) is 0 Å². The average molecular weight is 1500 g/mol. The van der Waals surface area contributed by atoms with E-state index in [1.807, 2.05) is 0 Å². The van der Waals surface area contributed by atoms with Gasteiger partial charge in [0.05, 0.1) is 44.1 Å². The molecule has 0 spiro atoms. The summed E-state index contributed by atoms with van der Waals surface area (Å²) in [6.45, 7) is 0. The fourth-order valence-corrected chi connectivity index (χ4v) is 18.5. The molecule has 0 saturated carbocycles. The van der Waals surface area contributed by atoms with Crippen molar-refractivity contribution in [2.75, 3.05) is 0 Å². The van der Waals surface area contributed by atoms with Gasteiger partial charge in [-0.05, 0) is 209 Å². The molecule has 23 aromatic rings. The van der Waals surface area contributed by atoms with E-state index in [0.29, 0.717) is 0 Å². The molecule has 0 aliphatic rings. The highest BCUT2D eigenvalue weighted by Crippen LogP contribution is 2.48. The summed E-state index contributed by atoms with van der Waals surface area (Å²) >= 11 is 0. The number of benzene rings is 19. The standard InChI is InChI=1S/C60H40N2.C54H36N2/c1-5-17-41(18-6-1)45-25-13-27-49(37-45)61-55-35-33-47(43-21-9-3-10-22-43)39-53(55)59-51(29-15-31-57(59)61)52-30-16-32-58-60(52)54-40-48(44-23-11-4-12-24-44)34-36-56(54)62(58)50-28-14-26-46(38-50)42-19-7-2-8-20-42;1-3-15-37(16-4-1)41-19-11-21-43(35-41)55-49-27-9-7-23-47(49)53-45(25-13-29-51(53)55)39-31-33-40(34-32-39)46-26-14-30-52-54(46)48-24-8-10-28-50(48)56(52)44-22-12-20-42(36-44)38-17-5-2-6-18-38/h1-40H;1-36H. The molecule has 0 atom stereocenters. The van der Waals surface area contributed by atoms with E-state index in [-0.39, 0.29) is 0 Å². The SMILES string of the molecule is c1ccc(-c2cccc(-n3c4ccc(-c5ccccc5)cc4c4c(-c5cccc6c5c5cc(-c7ccccc7)ccc5n6-c5cccc(-c6ccccc6)c5)cccc43)c2)cc1.c1ccc(-c2cccc(-n3c4ccccc4c4c(-c5ccc(-c6cccc7c6c6ccccc6n7-c6cccc(-c7ccccc7)c6)cc5)cccc43)c2)cc1. The molecule has 552 valence electrons. The molecule has 0 N–H and O–H groups in total. The Labute approximate surface area is 684 Å². The number of fused-ring (bicyclic) bond motifs is 12. The summed E-state index contributed by atoms with van der Waals surface area (Å²) in [4.78, 5) is 0. The zero-order chi connectivity index (χ0) is 78.0. The maximum atomic E-state index is 2.46. The van der Waals surface area contributed by atoms with E-state index in [9.17, 15) is 0 Å². The Kier molecular flexibility index (Phi) is 17.2. The number of hydrogen-bond acceptors (Lipinski definition) is 0. The average Bonchev–Trinajstić information content (AvgIpc) is 1.56. The molecular weight excluding hydrogens is 1430 g/mol. The molecule has 23 rings (SSSR count). The largest absolute Gasteiger partial charge is 0.309 e. The zero-order valence-corrected chi connectivity index (χ0v) is 64.7. The topological polar surface area (TPSA) is 19.7 Å². The first kappa shape index (κ1) is 69.1. The molecule has 0 aliphatic carbocycles. The van der Waals surface area contributed by atoms with Gasteiger partial charge in [0, 0.05) is 65.8 Å². The zero-order valence-electron chi connectivity index (χ0n) is 64.7. The lowest BCUT2D eigenvalue weighted by molar-refractivity contribution is 1.18. The smallest absolute Gasteiger partial charge is 0.0547 e.